The van der Waals surface area contributed by atoms with Crippen LogP contribution in [0.2, 0.25) is 0 Å². The minimum Gasteiger partial charge on any atom is -0.494 e. The fourth-order valence-corrected chi connectivity index (χ4v) is 2.76. The van der Waals surface area contributed by atoms with E-state index in [1.807, 2.05) is 11.8 Å². The highest BCUT2D eigenvalue weighted by atomic mass is 19.1. The number of likely N-dealkylation sites (tertiary alicyclic amines) is 1. The zero-order valence-corrected chi connectivity index (χ0v) is 13.3. The molecule has 1 amide bonds. The van der Waals surface area contributed by atoms with Gasteiger partial charge in [0.25, 0.3) is 0 Å². The summed E-state index contributed by atoms with van der Waals surface area (Å²) in [5.74, 6) is -0.279. The van der Waals surface area contributed by atoms with Gasteiger partial charge in [0.15, 0.2) is 11.6 Å². The van der Waals surface area contributed by atoms with E-state index in [0.29, 0.717) is 25.1 Å². The molecule has 1 heterocycles. The first-order chi connectivity index (χ1) is 10.4. The molecule has 2 atom stereocenters. The van der Waals surface area contributed by atoms with Gasteiger partial charge in [0.1, 0.15) is 0 Å². The summed E-state index contributed by atoms with van der Waals surface area (Å²) in [5, 5.41) is 9.56. The second kappa shape index (κ2) is 7.07. The van der Waals surface area contributed by atoms with E-state index in [0.717, 1.165) is 6.54 Å². The molecule has 1 aliphatic rings. The maximum Gasteiger partial charge on any atom is 0.239 e. The molecule has 5 nitrogen and oxygen atoms in total. The van der Waals surface area contributed by atoms with E-state index < -0.39 is 5.82 Å². The quantitative estimate of drug-likeness (QED) is 0.889. The molecule has 1 aromatic rings. The molecule has 0 saturated carbocycles. The van der Waals surface area contributed by atoms with E-state index in [1.54, 1.807) is 24.1 Å². The summed E-state index contributed by atoms with van der Waals surface area (Å²) < 4.78 is 18.6. The molecule has 0 aliphatic carbocycles. The Morgan fingerprint density at radius 3 is 2.86 bits per heavy atom. The molecular formula is C16H23FN2O3. The largest absolute Gasteiger partial charge is 0.494 e. The lowest BCUT2D eigenvalue weighted by molar-refractivity contribution is -0.135. The zero-order chi connectivity index (χ0) is 16.3. The van der Waals surface area contributed by atoms with Crippen molar-refractivity contribution in [1.29, 1.82) is 0 Å². The monoisotopic (exact) mass is 310 g/mol. The molecule has 6 heteroatoms. The number of carbonyl (C=O) groups is 1. The summed E-state index contributed by atoms with van der Waals surface area (Å²) in [5.41, 5.74) is 0.711. The highest BCUT2D eigenvalue weighted by Crippen LogP contribution is 2.19. The lowest BCUT2D eigenvalue weighted by atomic mass is 10.2. The predicted octanol–water partition coefficient (Wildman–Crippen LogP) is 1.25. The van der Waals surface area contributed by atoms with Crippen LogP contribution in [-0.4, -0.2) is 60.2 Å². The number of halogens is 1. The van der Waals surface area contributed by atoms with Gasteiger partial charge in [0, 0.05) is 26.7 Å². The molecule has 0 radical (unpaired) electrons. The van der Waals surface area contributed by atoms with Gasteiger partial charge in [-0.25, -0.2) is 4.39 Å². The average Bonchev–Trinajstić information content (AvgIpc) is 2.92. The van der Waals surface area contributed by atoms with Crippen LogP contribution in [0, 0.1) is 5.82 Å². The SMILES string of the molecule is COc1ccc(CN(C)C(=O)C(C)N2CC[C@H](O)C2)cc1F. The van der Waals surface area contributed by atoms with Crippen molar-refractivity contribution in [3.8, 4) is 5.75 Å². The molecule has 122 valence electrons. The van der Waals surface area contributed by atoms with Gasteiger partial charge in [0.2, 0.25) is 5.91 Å². The third-order valence-corrected chi connectivity index (χ3v) is 4.11. The van der Waals surface area contributed by atoms with Gasteiger partial charge in [-0.05, 0) is 31.0 Å². The molecule has 1 aromatic carbocycles. The second-order valence-corrected chi connectivity index (χ2v) is 5.78. The van der Waals surface area contributed by atoms with Gasteiger partial charge >= 0.3 is 0 Å². The molecule has 0 bridgehead atoms. The van der Waals surface area contributed by atoms with Gasteiger partial charge in [-0.15, -0.1) is 0 Å². The number of amides is 1. The first-order valence-corrected chi connectivity index (χ1v) is 7.42. The molecule has 0 aromatic heterocycles. The van der Waals surface area contributed by atoms with Gasteiger partial charge in [-0.3, -0.25) is 9.69 Å². The number of likely N-dealkylation sites (N-methyl/N-ethyl adjacent to an activating group) is 1. The topological polar surface area (TPSA) is 53.0 Å². The minimum absolute atomic E-state index is 0.0367. The van der Waals surface area contributed by atoms with Crippen LogP contribution in [0.5, 0.6) is 5.75 Å². The van der Waals surface area contributed by atoms with E-state index in [9.17, 15) is 14.3 Å². The summed E-state index contributed by atoms with van der Waals surface area (Å²) in [6.07, 6.45) is 0.349. The van der Waals surface area contributed by atoms with Crippen LogP contribution >= 0.6 is 0 Å². The van der Waals surface area contributed by atoms with Crippen LogP contribution in [0.1, 0.15) is 18.9 Å². The van der Waals surface area contributed by atoms with E-state index in [2.05, 4.69) is 0 Å². The van der Waals surface area contributed by atoms with Crippen LogP contribution in [0.4, 0.5) is 4.39 Å². The fourth-order valence-electron chi connectivity index (χ4n) is 2.76. The Hall–Kier alpha value is -1.66. The number of aliphatic hydroxyl groups is 1. The van der Waals surface area contributed by atoms with Crippen LogP contribution < -0.4 is 4.74 Å². The maximum absolute atomic E-state index is 13.7. The Bertz CT molecular complexity index is 538. The zero-order valence-electron chi connectivity index (χ0n) is 13.3. The van der Waals surface area contributed by atoms with Crippen molar-refractivity contribution in [2.45, 2.75) is 32.0 Å². The van der Waals surface area contributed by atoms with E-state index in [-0.39, 0.29) is 23.8 Å². The molecule has 1 unspecified atom stereocenters. The number of β-amino-alcohol motifs (C(OH)–C–C–N with tert-alkyl or cyclic N) is 1. The third kappa shape index (κ3) is 3.75. The van der Waals surface area contributed by atoms with E-state index >= 15 is 0 Å². The van der Waals surface area contributed by atoms with Crippen molar-refractivity contribution >= 4 is 5.91 Å². The smallest absolute Gasteiger partial charge is 0.239 e. The average molecular weight is 310 g/mol. The molecule has 1 saturated heterocycles. The number of ether oxygens (including phenoxy) is 1. The molecule has 1 N–H and O–H groups in total. The summed E-state index contributed by atoms with van der Waals surface area (Å²) in [4.78, 5) is 16.0. The third-order valence-electron chi connectivity index (χ3n) is 4.11. The Kier molecular flexibility index (Phi) is 5.37. The Labute approximate surface area is 130 Å². The first-order valence-electron chi connectivity index (χ1n) is 7.42. The maximum atomic E-state index is 13.7. The molecule has 1 aliphatic heterocycles. The van der Waals surface area contributed by atoms with E-state index in [1.165, 1.54) is 13.2 Å². The lowest BCUT2D eigenvalue weighted by Gasteiger charge is -2.27. The second-order valence-electron chi connectivity index (χ2n) is 5.78. The molecule has 22 heavy (non-hydrogen) atoms. The number of hydrogen-bond donors (Lipinski definition) is 1. The van der Waals surface area contributed by atoms with Gasteiger partial charge in [0.05, 0.1) is 19.3 Å². The highest BCUT2D eigenvalue weighted by molar-refractivity contribution is 5.81. The van der Waals surface area contributed by atoms with Crippen LogP contribution in [0.25, 0.3) is 0 Å². The minimum atomic E-state index is -0.434. The number of hydrogen-bond acceptors (Lipinski definition) is 4. The summed E-state index contributed by atoms with van der Waals surface area (Å²) in [6.45, 7) is 3.42. The molecule has 1 fully saturated rings. The van der Waals surface area contributed by atoms with Crippen LogP contribution in [0.15, 0.2) is 18.2 Å². The Morgan fingerprint density at radius 2 is 2.32 bits per heavy atom. The van der Waals surface area contributed by atoms with Crippen molar-refractivity contribution in [3.05, 3.63) is 29.6 Å². The standard InChI is InChI=1S/C16H23FN2O3/c1-11(19-7-6-13(20)10-19)16(21)18(2)9-12-4-5-15(22-3)14(17)8-12/h4-5,8,11,13,20H,6-7,9-10H2,1-3H3/t11?,13-/m0/s1. The number of aliphatic hydroxyl groups excluding tert-OH is 1. The first kappa shape index (κ1) is 16.7. The summed E-state index contributed by atoms with van der Waals surface area (Å²) in [6, 6.07) is 4.40. The number of carbonyl (C=O) groups excluding carboxylic acids is 1. The molecule has 0 spiro atoms. The molecular weight excluding hydrogens is 287 g/mol. The Morgan fingerprint density at radius 1 is 1.59 bits per heavy atom. The normalized spacial score (nSPS) is 20.0. The predicted molar refractivity (Wildman–Crippen MR) is 81.1 cm³/mol. The lowest BCUT2D eigenvalue weighted by Crippen LogP contribution is -2.44. The Balaban J connectivity index is 1.97. The van der Waals surface area contributed by atoms with Crippen LogP contribution in [-0.2, 0) is 11.3 Å². The summed E-state index contributed by atoms with van der Waals surface area (Å²) in [7, 11) is 3.12. The number of methoxy groups -OCH3 is 1. The van der Waals surface area contributed by atoms with Crippen molar-refractivity contribution in [2.75, 3.05) is 27.2 Å². The van der Waals surface area contributed by atoms with E-state index in [4.69, 9.17) is 4.74 Å². The van der Waals surface area contributed by atoms with Crippen LogP contribution in [0.3, 0.4) is 0 Å². The summed E-state index contributed by atoms with van der Waals surface area (Å²) >= 11 is 0. The number of benzene rings is 1. The van der Waals surface area contributed by atoms with Crippen molar-refractivity contribution in [3.63, 3.8) is 0 Å². The van der Waals surface area contributed by atoms with Gasteiger partial charge in [-0.1, -0.05) is 6.07 Å². The highest BCUT2D eigenvalue weighted by Gasteiger charge is 2.30. The number of rotatable bonds is 5. The van der Waals surface area contributed by atoms with Crippen molar-refractivity contribution < 1.29 is 19.0 Å². The molecule has 2 rings (SSSR count). The van der Waals surface area contributed by atoms with Gasteiger partial charge in [-0.2, -0.15) is 0 Å². The fraction of sp³-hybridized carbons (Fsp3) is 0.562. The van der Waals surface area contributed by atoms with Crippen molar-refractivity contribution in [1.82, 2.24) is 9.80 Å². The number of nitrogens with zero attached hydrogens (tertiary/aromatic N) is 2. The van der Waals surface area contributed by atoms with Crippen molar-refractivity contribution in [2.24, 2.45) is 0 Å². The van der Waals surface area contributed by atoms with Gasteiger partial charge < -0.3 is 14.7 Å².